The van der Waals surface area contributed by atoms with E-state index in [1.54, 1.807) is 36.4 Å². The Labute approximate surface area is 172 Å². The summed E-state index contributed by atoms with van der Waals surface area (Å²) in [5.74, 6) is 0.963. The molecular formula is C17H7Br2N5O4. The number of ether oxygens (including phenoxy) is 1. The van der Waals surface area contributed by atoms with E-state index >= 15 is 0 Å². The van der Waals surface area contributed by atoms with Gasteiger partial charge in [-0.3, -0.25) is 9.78 Å². The number of nitrogens with zero attached hydrogens (tertiary/aromatic N) is 4. The molecule has 4 aromatic rings. The third-order valence-corrected chi connectivity index (χ3v) is 4.86. The van der Waals surface area contributed by atoms with Gasteiger partial charge in [0, 0.05) is 6.07 Å². The third kappa shape index (κ3) is 3.23. The van der Waals surface area contributed by atoms with Crippen LogP contribution >= 0.6 is 31.9 Å². The highest BCUT2D eigenvalue weighted by Gasteiger charge is 2.15. The summed E-state index contributed by atoms with van der Waals surface area (Å²) >= 11 is 6.80. The summed E-state index contributed by atoms with van der Waals surface area (Å²) in [6.45, 7) is 0. The summed E-state index contributed by atoms with van der Waals surface area (Å²) in [7, 11) is 0. The van der Waals surface area contributed by atoms with Gasteiger partial charge in [0.2, 0.25) is 5.69 Å². The number of oxazole rings is 1. The van der Waals surface area contributed by atoms with Crippen LogP contribution in [-0.2, 0) is 0 Å². The van der Waals surface area contributed by atoms with Gasteiger partial charge < -0.3 is 9.15 Å². The van der Waals surface area contributed by atoms with Gasteiger partial charge in [-0.05, 0) is 56.1 Å². The van der Waals surface area contributed by atoms with Crippen LogP contribution in [0.2, 0.25) is 0 Å². The highest BCUT2D eigenvalue weighted by Crippen LogP contribution is 2.39. The van der Waals surface area contributed by atoms with Gasteiger partial charge >= 0.3 is 5.69 Å². The summed E-state index contributed by atoms with van der Waals surface area (Å²) in [6.07, 6.45) is 1.35. The van der Waals surface area contributed by atoms with E-state index in [1.165, 1.54) is 6.39 Å². The lowest BCUT2D eigenvalue weighted by atomic mass is 10.3. The summed E-state index contributed by atoms with van der Waals surface area (Å²) in [5.41, 5.74) is -0.439. The fourth-order valence-corrected chi connectivity index (χ4v) is 3.76. The number of aromatic amines is 1. The number of nitrogens with one attached hydrogen (secondary N) is 1. The number of fused-ring (bicyclic) bond motifs is 1. The molecule has 0 fully saturated rings. The molecule has 28 heavy (non-hydrogen) atoms. The Morgan fingerprint density at radius 1 is 1.18 bits per heavy atom. The SMILES string of the molecule is N#Cc1nn(-c2cc(Br)c(Oc3ccc4ncoc4c3)c(Br)c2)c(=O)[nH]c1=O. The first-order valence-electron chi connectivity index (χ1n) is 7.60. The molecule has 0 aliphatic rings. The molecule has 11 heteroatoms. The molecule has 0 aliphatic carbocycles. The first-order valence-corrected chi connectivity index (χ1v) is 9.19. The van der Waals surface area contributed by atoms with Gasteiger partial charge in [-0.15, -0.1) is 5.10 Å². The molecule has 2 heterocycles. The van der Waals surface area contributed by atoms with Crippen LogP contribution in [0, 0.1) is 11.3 Å². The molecule has 0 saturated carbocycles. The second kappa shape index (κ2) is 7.06. The maximum atomic E-state index is 12.1. The third-order valence-electron chi connectivity index (χ3n) is 3.68. The molecule has 0 unspecified atom stereocenters. The first-order chi connectivity index (χ1) is 13.5. The first kappa shape index (κ1) is 18.1. The van der Waals surface area contributed by atoms with Gasteiger partial charge in [-0.2, -0.15) is 9.94 Å². The van der Waals surface area contributed by atoms with Crippen LogP contribution < -0.4 is 16.0 Å². The molecule has 0 amide bonds. The fraction of sp³-hybridized carbons (Fsp3) is 0. The summed E-state index contributed by atoms with van der Waals surface area (Å²) in [5, 5.41) is 12.7. The molecular weight excluding hydrogens is 498 g/mol. The van der Waals surface area contributed by atoms with E-state index in [4.69, 9.17) is 14.4 Å². The Bertz CT molecular complexity index is 1360. The van der Waals surface area contributed by atoms with Crippen LogP contribution in [0.4, 0.5) is 0 Å². The van der Waals surface area contributed by atoms with Crippen molar-refractivity contribution in [1.29, 1.82) is 5.26 Å². The average Bonchev–Trinajstić information content (AvgIpc) is 3.12. The topological polar surface area (TPSA) is 127 Å². The molecule has 0 spiro atoms. The lowest BCUT2D eigenvalue weighted by molar-refractivity contribution is 0.475. The van der Waals surface area contributed by atoms with E-state index < -0.39 is 16.9 Å². The largest absolute Gasteiger partial charge is 0.455 e. The summed E-state index contributed by atoms with van der Waals surface area (Å²) < 4.78 is 13.1. The Kier molecular flexibility index (Phi) is 4.58. The van der Waals surface area contributed by atoms with Crippen LogP contribution in [-0.4, -0.2) is 19.7 Å². The number of aromatic nitrogens is 4. The molecule has 0 aliphatic heterocycles. The van der Waals surface area contributed by atoms with E-state index in [2.05, 4.69) is 46.9 Å². The molecule has 0 radical (unpaired) electrons. The van der Waals surface area contributed by atoms with Crippen LogP contribution in [0.25, 0.3) is 16.8 Å². The minimum Gasteiger partial charge on any atom is -0.455 e. The van der Waals surface area contributed by atoms with E-state index in [9.17, 15) is 9.59 Å². The average molecular weight is 505 g/mol. The minimum absolute atomic E-state index is 0.314. The Morgan fingerprint density at radius 3 is 2.64 bits per heavy atom. The van der Waals surface area contributed by atoms with Gasteiger partial charge in [0.05, 0.1) is 14.6 Å². The second-order valence-electron chi connectivity index (χ2n) is 5.45. The molecule has 2 aromatic heterocycles. The molecule has 0 bridgehead atoms. The lowest BCUT2D eigenvalue weighted by Crippen LogP contribution is -2.33. The van der Waals surface area contributed by atoms with Crippen LogP contribution in [0.1, 0.15) is 5.69 Å². The maximum absolute atomic E-state index is 12.1. The van der Waals surface area contributed by atoms with E-state index in [-0.39, 0.29) is 0 Å². The van der Waals surface area contributed by atoms with Crippen molar-refractivity contribution in [2.24, 2.45) is 0 Å². The minimum atomic E-state index is -0.843. The van der Waals surface area contributed by atoms with Gasteiger partial charge in [0.1, 0.15) is 17.3 Å². The highest BCUT2D eigenvalue weighted by molar-refractivity contribution is 9.11. The van der Waals surface area contributed by atoms with Crippen molar-refractivity contribution in [2.75, 3.05) is 0 Å². The molecule has 138 valence electrons. The summed E-state index contributed by atoms with van der Waals surface area (Å²) in [4.78, 5) is 29.7. The number of H-pyrrole nitrogens is 1. The monoisotopic (exact) mass is 503 g/mol. The molecule has 2 aromatic carbocycles. The van der Waals surface area contributed by atoms with Crippen molar-refractivity contribution in [3.05, 3.63) is 72.2 Å². The Hall–Kier alpha value is -3.23. The molecule has 9 nitrogen and oxygen atoms in total. The highest BCUT2D eigenvalue weighted by atomic mass is 79.9. The number of nitriles is 1. The normalized spacial score (nSPS) is 10.8. The lowest BCUT2D eigenvalue weighted by Gasteiger charge is -2.12. The van der Waals surface area contributed by atoms with Crippen molar-refractivity contribution in [2.45, 2.75) is 0 Å². The predicted molar refractivity (Wildman–Crippen MR) is 105 cm³/mol. The van der Waals surface area contributed by atoms with Gasteiger partial charge in [0.15, 0.2) is 17.7 Å². The molecule has 4 rings (SSSR count). The van der Waals surface area contributed by atoms with Crippen LogP contribution in [0.5, 0.6) is 11.5 Å². The van der Waals surface area contributed by atoms with Gasteiger partial charge in [0.25, 0.3) is 5.56 Å². The van der Waals surface area contributed by atoms with Crippen LogP contribution in [0.3, 0.4) is 0 Å². The Morgan fingerprint density at radius 2 is 1.93 bits per heavy atom. The predicted octanol–water partition coefficient (Wildman–Crippen LogP) is 3.25. The number of hydrogen-bond donors (Lipinski definition) is 1. The zero-order valence-corrected chi connectivity index (χ0v) is 16.8. The van der Waals surface area contributed by atoms with E-state index in [1.807, 2.05) is 0 Å². The number of benzene rings is 2. The molecule has 0 saturated heterocycles. The standard InChI is InChI=1S/C17H7Br2N5O4/c18-10-3-8(24-17(26)22-16(25)13(6-20)23-24)4-11(19)15(10)28-9-1-2-12-14(5-9)27-7-21-12/h1-5,7H,(H,22,25,26). The van der Waals surface area contributed by atoms with Crippen molar-refractivity contribution >= 4 is 43.0 Å². The van der Waals surface area contributed by atoms with Crippen molar-refractivity contribution < 1.29 is 9.15 Å². The second-order valence-corrected chi connectivity index (χ2v) is 7.16. The maximum Gasteiger partial charge on any atom is 0.349 e. The molecule has 1 N–H and O–H groups in total. The number of rotatable bonds is 3. The smallest absolute Gasteiger partial charge is 0.349 e. The van der Waals surface area contributed by atoms with Crippen molar-refractivity contribution in [1.82, 2.24) is 19.7 Å². The number of hydrogen-bond acceptors (Lipinski definition) is 7. The summed E-state index contributed by atoms with van der Waals surface area (Å²) in [6, 6.07) is 9.98. The fourth-order valence-electron chi connectivity index (χ4n) is 2.43. The van der Waals surface area contributed by atoms with Crippen LogP contribution in [0.15, 0.2) is 59.7 Å². The van der Waals surface area contributed by atoms with Crippen molar-refractivity contribution in [3.63, 3.8) is 0 Å². The zero-order chi connectivity index (χ0) is 19.8. The van der Waals surface area contributed by atoms with E-state index in [0.717, 1.165) is 4.68 Å². The Balaban J connectivity index is 1.76. The van der Waals surface area contributed by atoms with Gasteiger partial charge in [-0.25, -0.2) is 9.78 Å². The van der Waals surface area contributed by atoms with Crippen molar-refractivity contribution in [3.8, 4) is 23.3 Å². The molecule has 0 atom stereocenters. The van der Waals surface area contributed by atoms with Gasteiger partial charge in [-0.1, -0.05) is 0 Å². The number of halogens is 2. The quantitative estimate of drug-likeness (QED) is 0.453. The zero-order valence-electron chi connectivity index (χ0n) is 13.6. The van der Waals surface area contributed by atoms with E-state index in [0.29, 0.717) is 37.2 Å².